The van der Waals surface area contributed by atoms with Crippen LogP contribution in [0.25, 0.3) is 11.1 Å². The average Bonchev–Trinajstić information content (AvgIpc) is 2.38. The minimum absolute atomic E-state index is 0.959. The molecular weight excluding hydrogens is 212 g/mol. The summed E-state index contributed by atoms with van der Waals surface area (Å²) in [6, 6.07) is 19.3. The molecule has 0 fully saturated rings. The van der Waals surface area contributed by atoms with Gasteiger partial charge < -0.3 is 0 Å². The number of thiol groups is 1. The molecule has 0 nitrogen and oxygen atoms in total. The van der Waals surface area contributed by atoms with Crippen LogP contribution in [-0.2, 0) is 6.42 Å². The van der Waals surface area contributed by atoms with E-state index in [-0.39, 0.29) is 0 Å². The van der Waals surface area contributed by atoms with E-state index in [1.54, 1.807) is 0 Å². The number of hydrogen-bond donors (Lipinski definition) is 1. The molecule has 0 unspecified atom stereocenters. The number of rotatable bonds is 4. The lowest BCUT2D eigenvalue weighted by molar-refractivity contribution is 0.936. The molecule has 1 heteroatoms. The fourth-order valence-electron chi connectivity index (χ4n) is 1.78. The van der Waals surface area contributed by atoms with E-state index < -0.39 is 0 Å². The van der Waals surface area contributed by atoms with Crippen LogP contribution in [-0.4, -0.2) is 5.75 Å². The van der Waals surface area contributed by atoms with Gasteiger partial charge in [-0.2, -0.15) is 12.6 Å². The molecule has 2 rings (SSSR count). The molecule has 0 spiro atoms. The Bertz CT molecular complexity index is 417. The summed E-state index contributed by atoms with van der Waals surface area (Å²) in [5.41, 5.74) is 3.96. The van der Waals surface area contributed by atoms with Crippen molar-refractivity contribution in [3.05, 3.63) is 60.2 Å². The molecule has 0 heterocycles. The maximum absolute atomic E-state index is 4.23. The van der Waals surface area contributed by atoms with Crippen LogP contribution in [0.5, 0.6) is 0 Å². The molecule has 16 heavy (non-hydrogen) atoms. The van der Waals surface area contributed by atoms with Gasteiger partial charge in [-0.25, -0.2) is 0 Å². The second-order valence-corrected chi connectivity index (χ2v) is 4.34. The zero-order valence-electron chi connectivity index (χ0n) is 9.26. The Morgan fingerprint density at radius 2 is 1.38 bits per heavy atom. The van der Waals surface area contributed by atoms with Gasteiger partial charge in [-0.3, -0.25) is 0 Å². The van der Waals surface area contributed by atoms with Crippen molar-refractivity contribution < 1.29 is 0 Å². The highest BCUT2D eigenvalue weighted by Gasteiger charge is 1.96. The SMILES string of the molecule is SCCCc1ccc(-c2ccccc2)cc1. The van der Waals surface area contributed by atoms with Gasteiger partial charge in [0.1, 0.15) is 0 Å². The summed E-state index contributed by atoms with van der Waals surface area (Å²) in [5, 5.41) is 0. The zero-order valence-corrected chi connectivity index (χ0v) is 10.2. The van der Waals surface area contributed by atoms with Gasteiger partial charge in [0.2, 0.25) is 0 Å². The van der Waals surface area contributed by atoms with Crippen molar-refractivity contribution in [2.24, 2.45) is 0 Å². The molecule has 0 radical (unpaired) electrons. The molecule has 2 aromatic rings. The summed E-state index contributed by atoms with van der Waals surface area (Å²) >= 11 is 4.23. The van der Waals surface area contributed by atoms with Crippen LogP contribution >= 0.6 is 12.6 Å². The fraction of sp³-hybridized carbons (Fsp3) is 0.200. The van der Waals surface area contributed by atoms with Gasteiger partial charge in [0, 0.05) is 0 Å². The highest BCUT2D eigenvalue weighted by atomic mass is 32.1. The minimum Gasteiger partial charge on any atom is -0.179 e. The lowest BCUT2D eigenvalue weighted by atomic mass is 10.0. The lowest BCUT2D eigenvalue weighted by Gasteiger charge is -2.03. The first-order valence-electron chi connectivity index (χ1n) is 5.65. The van der Waals surface area contributed by atoms with Crippen molar-refractivity contribution in [2.75, 3.05) is 5.75 Å². The molecule has 0 atom stereocenters. The first-order valence-corrected chi connectivity index (χ1v) is 6.28. The summed E-state index contributed by atoms with van der Waals surface area (Å²) < 4.78 is 0. The van der Waals surface area contributed by atoms with Crippen LogP contribution in [0.4, 0.5) is 0 Å². The molecule has 0 N–H and O–H groups in total. The van der Waals surface area contributed by atoms with Gasteiger partial charge in [0.15, 0.2) is 0 Å². The molecule has 0 aliphatic carbocycles. The van der Waals surface area contributed by atoms with E-state index in [0.717, 1.165) is 18.6 Å². The van der Waals surface area contributed by atoms with Crippen molar-refractivity contribution in [2.45, 2.75) is 12.8 Å². The van der Waals surface area contributed by atoms with Gasteiger partial charge >= 0.3 is 0 Å². The molecule has 0 bridgehead atoms. The first kappa shape index (κ1) is 11.3. The maximum Gasteiger partial charge on any atom is -0.00947 e. The van der Waals surface area contributed by atoms with Crippen molar-refractivity contribution in [3.63, 3.8) is 0 Å². The van der Waals surface area contributed by atoms with Crippen molar-refractivity contribution in [1.29, 1.82) is 0 Å². The highest BCUT2D eigenvalue weighted by molar-refractivity contribution is 7.80. The van der Waals surface area contributed by atoms with Crippen LogP contribution in [0.2, 0.25) is 0 Å². The average molecular weight is 228 g/mol. The van der Waals surface area contributed by atoms with E-state index in [9.17, 15) is 0 Å². The Morgan fingerprint density at radius 3 is 2.00 bits per heavy atom. The second kappa shape index (κ2) is 5.76. The smallest absolute Gasteiger partial charge is 0.00947 e. The summed E-state index contributed by atoms with van der Waals surface area (Å²) in [4.78, 5) is 0. The summed E-state index contributed by atoms with van der Waals surface area (Å²) in [6.45, 7) is 0. The van der Waals surface area contributed by atoms with Crippen molar-refractivity contribution in [3.8, 4) is 11.1 Å². The van der Waals surface area contributed by atoms with Crippen LogP contribution in [0.1, 0.15) is 12.0 Å². The Morgan fingerprint density at radius 1 is 0.750 bits per heavy atom. The molecule has 0 saturated heterocycles. The van der Waals surface area contributed by atoms with Crippen molar-refractivity contribution in [1.82, 2.24) is 0 Å². The van der Waals surface area contributed by atoms with Crippen molar-refractivity contribution >= 4 is 12.6 Å². The summed E-state index contributed by atoms with van der Waals surface area (Å²) in [7, 11) is 0. The molecule has 82 valence electrons. The maximum atomic E-state index is 4.23. The quantitative estimate of drug-likeness (QED) is 0.744. The Balaban J connectivity index is 2.13. The molecule has 2 aromatic carbocycles. The predicted octanol–water partition coefficient (Wildman–Crippen LogP) is 4.22. The zero-order chi connectivity index (χ0) is 11.2. The molecule has 0 aromatic heterocycles. The monoisotopic (exact) mass is 228 g/mol. The van der Waals surface area contributed by atoms with Gasteiger partial charge in [-0.1, -0.05) is 54.6 Å². The third-order valence-electron chi connectivity index (χ3n) is 2.68. The minimum atomic E-state index is 0.959. The van der Waals surface area contributed by atoms with E-state index in [1.807, 2.05) is 6.07 Å². The number of benzene rings is 2. The van der Waals surface area contributed by atoms with E-state index in [4.69, 9.17) is 0 Å². The van der Waals surface area contributed by atoms with E-state index in [0.29, 0.717) is 0 Å². The Labute approximate surface area is 103 Å². The standard InChI is InChI=1S/C15H16S/c16-12-4-5-13-8-10-15(11-9-13)14-6-2-1-3-7-14/h1-3,6-11,16H,4-5,12H2. The van der Waals surface area contributed by atoms with Gasteiger partial charge in [-0.05, 0) is 35.3 Å². The largest absolute Gasteiger partial charge is 0.179 e. The fourth-order valence-corrected chi connectivity index (χ4v) is 1.94. The van der Waals surface area contributed by atoms with Crippen LogP contribution in [0, 0.1) is 0 Å². The third kappa shape index (κ3) is 2.89. The lowest BCUT2D eigenvalue weighted by Crippen LogP contribution is -1.86. The molecule has 0 aliphatic rings. The second-order valence-electron chi connectivity index (χ2n) is 3.89. The molecular formula is C15H16S. The van der Waals surface area contributed by atoms with Gasteiger partial charge in [-0.15, -0.1) is 0 Å². The van der Waals surface area contributed by atoms with Crippen LogP contribution in [0.15, 0.2) is 54.6 Å². The van der Waals surface area contributed by atoms with Crippen LogP contribution < -0.4 is 0 Å². The normalized spacial score (nSPS) is 10.3. The van der Waals surface area contributed by atoms with Crippen LogP contribution in [0.3, 0.4) is 0 Å². The summed E-state index contributed by atoms with van der Waals surface area (Å²) in [6.07, 6.45) is 2.27. The number of aryl methyl sites for hydroxylation is 1. The predicted molar refractivity (Wildman–Crippen MR) is 74.1 cm³/mol. The van der Waals surface area contributed by atoms with Gasteiger partial charge in [0.05, 0.1) is 0 Å². The third-order valence-corrected chi connectivity index (χ3v) is 3.00. The Hall–Kier alpha value is -1.21. The topological polar surface area (TPSA) is 0 Å². The van der Waals surface area contributed by atoms with E-state index >= 15 is 0 Å². The highest BCUT2D eigenvalue weighted by Crippen LogP contribution is 2.19. The first-order chi connectivity index (χ1) is 7.90. The molecule has 0 saturated carbocycles. The van der Waals surface area contributed by atoms with Gasteiger partial charge in [0.25, 0.3) is 0 Å². The Kier molecular flexibility index (Phi) is 4.06. The molecule has 0 amide bonds. The van der Waals surface area contributed by atoms with E-state index in [1.165, 1.54) is 16.7 Å². The number of hydrogen-bond acceptors (Lipinski definition) is 1. The summed E-state index contributed by atoms with van der Waals surface area (Å²) in [5.74, 6) is 0.959. The molecule has 0 aliphatic heterocycles. The van der Waals surface area contributed by atoms with E-state index in [2.05, 4.69) is 61.2 Å².